The average molecular weight is 346 g/mol. The van der Waals surface area contributed by atoms with Crippen LogP contribution >= 0.6 is 15.9 Å². The van der Waals surface area contributed by atoms with Gasteiger partial charge in [0, 0.05) is 24.2 Å². The molecule has 0 saturated heterocycles. The Morgan fingerprint density at radius 1 is 1.20 bits per heavy atom. The van der Waals surface area contributed by atoms with Crippen molar-refractivity contribution in [3.8, 4) is 0 Å². The Morgan fingerprint density at radius 2 is 1.85 bits per heavy atom. The Bertz CT molecular complexity index is 372. The van der Waals surface area contributed by atoms with Crippen LogP contribution in [-0.4, -0.2) is 44.2 Å². The Hall–Kier alpha value is -0.460. The number of nitrogens with one attached hydrogen (secondary N) is 1. The second-order valence-corrected chi connectivity index (χ2v) is 5.85. The van der Waals surface area contributed by atoms with Crippen LogP contribution in [0.3, 0.4) is 0 Å². The van der Waals surface area contributed by atoms with E-state index in [0.29, 0.717) is 19.8 Å². The van der Waals surface area contributed by atoms with E-state index in [9.17, 15) is 5.11 Å². The molecular weight excluding hydrogens is 322 g/mol. The molecule has 0 bridgehead atoms. The molecule has 4 nitrogen and oxygen atoms in total. The Labute approximate surface area is 129 Å². The summed E-state index contributed by atoms with van der Waals surface area (Å²) < 4.78 is 11.5. The van der Waals surface area contributed by atoms with Gasteiger partial charge in [-0.1, -0.05) is 28.1 Å². The number of rotatable bonds is 9. The van der Waals surface area contributed by atoms with Gasteiger partial charge < -0.3 is 19.9 Å². The van der Waals surface area contributed by atoms with E-state index in [4.69, 9.17) is 9.47 Å². The summed E-state index contributed by atoms with van der Waals surface area (Å²) in [5.41, 5.74) is 1.19. The summed E-state index contributed by atoms with van der Waals surface area (Å²) in [4.78, 5) is 0. The van der Waals surface area contributed by atoms with E-state index >= 15 is 0 Å². The van der Waals surface area contributed by atoms with E-state index in [1.807, 2.05) is 19.1 Å². The maximum Gasteiger partial charge on any atom is 0.0898 e. The summed E-state index contributed by atoms with van der Waals surface area (Å²) >= 11 is 3.42. The van der Waals surface area contributed by atoms with Crippen LogP contribution in [0.2, 0.25) is 0 Å². The highest BCUT2D eigenvalue weighted by Gasteiger charge is 2.10. The van der Waals surface area contributed by atoms with Crippen molar-refractivity contribution >= 4 is 15.9 Å². The van der Waals surface area contributed by atoms with Gasteiger partial charge in [0.1, 0.15) is 0 Å². The molecule has 0 amide bonds. The van der Waals surface area contributed by atoms with Crippen LogP contribution in [0, 0.1) is 0 Å². The Morgan fingerprint density at radius 3 is 2.45 bits per heavy atom. The molecule has 114 valence electrons. The lowest BCUT2D eigenvalue weighted by atomic mass is 10.1. The number of halogens is 1. The van der Waals surface area contributed by atoms with Crippen molar-refractivity contribution in [2.24, 2.45) is 0 Å². The molecule has 0 aromatic heterocycles. The minimum atomic E-state index is -0.521. The second kappa shape index (κ2) is 9.47. The summed E-state index contributed by atoms with van der Waals surface area (Å²) in [6.45, 7) is 5.34. The fraction of sp³-hybridized carbons (Fsp3) is 0.600. The largest absolute Gasteiger partial charge is 0.389 e. The highest BCUT2D eigenvalue weighted by Crippen LogP contribution is 2.16. The minimum absolute atomic E-state index is 0.00135. The van der Waals surface area contributed by atoms with E-state index in [1.54, 1.807) is 7.11 Å². The van der Waals surface area contributed by atoms with Gasteiger partial charge in [0.2, 0.25) is 0 Å². The zero-order valence-corrected chi connectivity index (χ0v) is 13.9. The van der Waals surface area contributed by atoms with Crippen molar-refractivity contribution in [2.45, 2.75) is 32.1 Å². The van der Waals surface area contributed by atoms with E-state index in [-0.39, 0.29) is 12.1 Å². The van der Waals surface area contributed by atoms with Crippen molar-refractivity contribution in [2.75, 3.05) is 26.9 Å². The molecule has 0 spiro atoms. The van der Waals surface area contributed by atoms with Gasteiger partial charge in [-0.25, -0.2) is 0 Å². The fourth-order valence-corrected chi connectivity index (χ4v) is 2.06. The summed E-state index contributed by atoms with van der Waals surface area (Å²) in [7, 11) is 1.64. The molecule has 0 fully saturated rings. The molecule has 0 aliphatic rings. The highest BCUT2D eigenvalue weighted by atomic mass is 79.9. The highest BCUT2D eigenvalue weighted by molar-refractivity contribution is 9.10. The van der Waals surface area contributed by atoms with Gasteiger partial charge in [-0.05, 0) is 31.5 Å². The van der Waals surface area contributed by atoms with Crippen LogP contribution in [0.4, 0.5) is 0 Å². The standard InChI is InChI=1S/C15H24BrNO3/c1-11(9-19-3)20-10-15(18)8-17-12(2)13-4-6-14(16)7-5-13/h4-7,11-12,15,17-18H,8-10H2,1-3H3/t11?,12-,15?/m1/s1. The Balaban J connectivity index is 2.26. The van der Waals surface area contributed by atoms with Crippen LogP contribution < -0.4 is 5.32 Å². The van der Waals surface area contributed by atoms with Crippen LogP contribution in [0.1, 0.15) is 25.5 Å². The van der Waals surface area contributed by atoms with Crippen molar-refractivity contribution in [1.29, 1.82) is 0 Å². The lowest BCUT2D eigenvalue weighted by Crippen LogP contribution is -2.33. The third-order valence-corrected chi connectivity index (χ3v) is 3.53. The lowest BCUT2D eigenvalue weighted by molar-refractivity contribution is -0.0315. The number of methoxy groups -OCH3 is 1. The number of aliphatic hydroxyl groups excluding tert-OH is 1. The fourth-order valence-electron chi connectivity index (χ4n) is 1.80. The molecule has 20 heavy (non-hydrogen) atoms. The minimum Gasteiger partial charge on any atom is -0.389 e. The first-order chi connectivity index (χ1) is 9.52. The number of benzene rings is 1. The van der Waals surface area contributed by atoms with Gasteiger partial charge in [-0.2, -0.15) is 0 Å². The maximum atomic E-state index is 9.87. The molecule has 5 heteroatoms. The van der Waals surface area contributed by atoms with Crippen LogP contribution in [-0.2, 0) is 9.47 Å². The molecular formula is C15H24BrNO3. The van der Waals surface area contributed by atoms with E-state index in [0.717, 1.165) is 4.47 Å². The first-order valence-electron chi connectivity index (χ1n) is 6.80. The quantitative estimate of drug-likeness (QED) is 0.722. The molecule has 0 aliphatic heterocycles. The Kier molecular flexibility index (Phi) is 8.33. The smallest absolute Gasteiger partial charge is 0.0898 e. The predicted octanol–water partition coefficient (Wildman–Crippen LogP) is 2.51. The molecule has 2 N–H and O–H groups in total. The van der Waals surface area contributed by atoms with Crippen LogP contribution in [0.5, 0.6) is 0 Å². The van der Waals surface area contributed by atoms with Crippen molar-refractivity contribution < 1.29 is 14.6 Å². The molecule has 1 aromatic rings. The van der Waals surface area contributed by atoms with Crippen molar-refractivity contribution in [3.05, 3.63) is 34.3 Å². The van der Waals surface area contributed by atoms with Crippen molar-refractivity contribution in [3.63, 3.8) is 0 Å². The van der Waals surface area contributed by atoms with Gasteiger partial charge in [0.15, 0.2) is 0 Å². The summed E-state index contributed by atoms with van der Waals surface area (Å²) in [5.74, 6) is 0. The zero-order valence-electron chi connectivity index (χ0n) is 12.3. The molecule has 1 rings (SSSR count). The van der Waals surface area contributed by atoms with Crippen molar-refractivity contribution in [1.82, 2.24) is 5.32 Å². The molecule has 0 aliphatic carbocycles. The summed E-state index contributed by atoms with van der Waals surface area (Å²) in [6, 6.07) is 8.34. The van der Waals surface area contributed by atoms with E-state index in [1.165, 1.54) is 5.56 Å². The van der Waals surface area contributed by atoms with Gasteiger partial charge in [0.25, 0.3) is 0 Å². The molecule has 3 atom stereocenters. The number of hydrogen-bond donors (Lipinski definition) is 2. The van der Waals surface area contributed by atoms with Crippen LogP contribution in [0.15, 0.2) is 28.7 Å². The average Bonchev–Trinajstić information content (AvgIpc) is 2.43. The normalized spacial score (nSPS) is 15.8. The SMILES string of the molecule is COCC(C)OCC(O)CN[C@H](C)c1ccc(Br)cc1. The van der Waals surface area contributed by atoms with Crippen LogP contribution in [0.25, 0.3) is 0 Å². The van der Waals surface area contributed by atoms with E-state index in [2.05, 4.69) is 40.3 Å². The van der Waals surface area contributed by atoms with Gasteiger partial charge >= 0.3 is 0 Å². The summed E-state index contributed by atoms with van der Waals surface area (Å²) in [5, 5.41) is 13.2. The first kappa shape index (κ1) is 17.6. The molecule has 2 unspecified atom stereocenters. The zero-order chi connectivity index (χ0) is 15.0. The molecule has 0 saturated carbocycles. The molecule has 0 radical (unpaired) electrons. The molecule has 0 heterocycles. The first-order valence-corrected chi connectivity index (χ1v) is 7.59. The van der Waals surface area contributed by atoms with E-state index < -0.39 is 6.10 Å². The number of ether oxygens (including phenoxy) is 2. The number of aliphatic hydroxyl groups is 1. The monoisotopic (exact) mass is 345 g/mol. The topological polar surface area (TPSA) is 50.7 Å². The summed E-state index contributed by atoms with van der Waals surface area (Å²) in [6.07, 6.45) is -0.522. The van der Waals surface area contributed by atoms with Gasteiger partial charge in [-0.15, -0.1) is 0 Å². The number of hydrogen-bond acceptors (Lipinski definition) is 4. The third-order valence-electron chi connectivity index (χ3n) is 3.00. The maximum absolute atomic E-state index is 9.87. The lowest BCUT2D eigenvalue weighted by Gasteiger charge is -2.19. The second-order valence-electron chi connectivity index (χ2n) is 4.93. The molecule has 1 aromatic carbocycles. The van der Waals surface area contributed by atoms with Gasteiger partial charge in [0.05, 0.1) is 25.4 Å². The van der Waals surface area contributed by atoms with Gasteiger partial charge in [-0.3, -0.25) is 0 Å². The predicted molar refractivity (Wildman–Crippen MR) is 83.9 cm³/mol. The third kappa shape index (κ3) is 6.81.